The quantitative estimate of drug-likeness (QED) is 0.441. The molecule has 2 heterocycles. The Hall–Kier alpha value is -3.45. The monoisotopic (exact) mass is 418 g/mol. The lowest BCUT2D eigenvalue weighted by molar-refractivity contribution is 0.104. The van der Waals surface area contributed by atoms with Crippen molar-refractivity contribution in [1.29, 1.82) is 0 Å². The van der Waals surface area contributed by atoms with E-state index in [1.165, 1.54) is 25.6 Å². The van der Waals surface area contributed by atoms with Crippen LogP contribution in [-0.2, 0) is 6.54 Å². The number of hydrogen-bond acceptors (Lipinski definition) is 6. The Morgan fingerprint density at radius 2 is 1.80 bits per heavy atom. The molecule has 6 nitrogen and oxygen atoms in total. The largest absolute Gasteiger partial charge is 0.493 e. The van der Waals surface area contributed by atoms with E-state index in [2.05, 4.69) is 4.98 Å². The molecule has 1 aliphatic carbocycles. The molecule has 4 aromatic rings. The zero-order valence-corrected chi connectivity index (χ0v) is 17.5. The van der Waals surface area contributed by atoms with Gasteiger partial charge in [-0.25, -0.2) is 4.98 Å². The Bertz CT molecular complexity index is 1400. The minimum Gasteiger partial charge on any atom is -0.493 e. The van der Waals surface area contributed by atoms with E-state index in [0.717, 1.165) is 16.3 Å². The third-order valence-electron chi connectivity index (χ3n) is 5.42. The zero-order valence-electron chi connectivity index (χ0n) is 16.7. The number of carbonyl (C=O) groups is 1. The van der Waals surface area contributed by atoms with Crippen LogP contribution in [0, 0.1) is 6.92 Å². The second-order valence-electron chi connectivity index (χ2n) is 7.07. The molecule has 0 unspecified atom stereocenters. The molecule has 1 aliphatic rings. The summed E-state index contributed by atoms with van der Waals surface area (Å²) in [5.41, 5.74) is 3.04. The SMILES string of the molecule is COc1ccc2c3c(n(Cc4csc(C)n4)c(=O)c2c1OC)-c1ccccc1C3=O. The Balaban J connectivity index is 1.93. The van der Waals surface area contributed by atoms with E-state index in [9.17, 15) is 9.59 Å². The van der Waals surface area contributed by atoms with E-state index in [1.807, 2.05) is 30.5 Å². The molecule has 150 valence electrons. The molecular formula is C23H18N2O4S. The summed E-state index contributed by atoms with van der Waals surface area (Å²) in [5.74, 6) is 0.678. The number of nitrogens with zero attached hydrogens (tertiary/aromatic N) is 2. The van der Waals surface area contributed by atoms with E-state index in [4.69, 9.17) is 9.47 Å². The van der Waals surface area contributed by atoms with Crippen LogP contribution in [0.1, 0.15) is 26.6 Å². The third kappa shape index (κ3) is 2.52. The molecule has 30 heavy (non-hydrogen) atoms. The summed E-state index contributed by atoms with van der Waals surface area (Å²) in [4.78, 5) is 31.7. The lowest BCUT2D eigenvalue weighted by atomic mass is 10.0. The maximum Gasteiger partial charge on any atom is 0.263 e. The fraction of sp³-hybridized carbons (Fsp3) is 0.174. The van der Waals surface area contributed by atoms with Crippen molar-refractivity contribution in [3.05, 3.63) is 74.0 Å². The maximum atomic E-state index is 13.8. The fourth-order valence-corrected chi connectivity index (χ4v) is 4.78. The minimum atomic E-state index is -0.241. The van der Waals surface area contributed by atoms with Gasteiger partial charge in [0.25, 0.3) is 5.56 Å². The normalized spacial score (nSPS) is 12.2. The smallest absolute Gasteiger partial charge is 0.263 e. The molecule has 7 heteroatoms. The Morgan fingerprint density at radius 1 is 1.03 bits per heavy atom. The number of fused-ring (bicyclic) bond motifs is 5. The molecule has 0 bridgehead atoms. The van der Waals surface area contributed by atoms with Crippen molar-refractivity contribution < 1.29 is 14.3 Å². The van der Waals surface area contributed by atoms with Gasteiger partial charge in [0, 0.05) is 21.9 Å². The highest BCUT2D eigenvalue weighted by Gasteiger charge is 2.34. The number of ether oxygens (including phenoxy) is 2. The topological polar surface area (TPSA) is 70.4 Å². The van der Waals surface area contributed by atoms with Gasteiger partial charge in [0.2, 0.25) is 0 Å². The summed E-state index contributed by atoms with van der Waals surface area (Å²) >= 11 is 1.53. The van der Waals surface area contributed by atoms with Gasteiger partial charge in [-0.15, -0.1) is 11.3 Å². The molecule has 0 N–H and O–H groups in total. The number of hydrogen-bond donors (Lipinski definition) is 0. The van der Waals surface area contributed by atoms with Crippen molar-refractivity contribution in [2.75, 3.05) is 14.2 Å². The van der Waals surface area contributed by atoms with Gasteiger partial charge in [-0.3, -0.25) is 9.59 Å². The second-order valence-corrected chi connectivity index (χ2v) is 8.13. The van der Waals surface area contributed by atoms with Crippen LogP contribution in [0.2, 0.25) is 0 Å². The van der Waals surface area contributed by atoms with Gasteiger partial charge >= 0.3 is 0 Å². The second kappa shape index (κ2) is 6.81. The van der Waals surface area contributed by atoms with Gasteiger partial charge < -0.3 is 14.0 Å². The molecule has 0 saturated carbocycles. The summed E-state index contributed by atoms with van der Waals surface area (Å²) in [6.45, 7) is 2.19. The Labute approximate surface area is 176 Å². The van der Waals surface area contributed by atoms with Crippen molar-refractivity contribution in [3.8, 4) is 22.8 Å². The van der Waals surface area contributed by atoms with Crippen molar-refractivity contribution in [1.82, 2.24) is 9.55 Å². The van der Waals surface area contributed by atoms with E-state index >= 15 is 0 Å². The molecule has 2 aromatic carbocycles. The van der Waals surface area contributed by atoms with Crippen LogP contribution in [0.15, 0.2) is 46.6 Å². The zero-order chi connectivity index (χ0) is 21.0. The van der Waals surface area contributed by atoms with E-state index < -0.39 is 0 Å². The summed E-state index contributed by atoms with van der Waals surface area (Å²) in [7, 11) is 3.02. The molecule has 0 amide bonds. The van der Waals surface area contributed by atoms with Gasteiger partial charge in [0.1, 0.15) is 0 Å². The summed E-state index contributed by atoms with van der Waals surface area (Å²) in [6, 6.07) is 10.9. The van der Waals surface area contributed by atoms with E-state index in [0.29, 0.717) is 39.1 Å². The molecule has 0 saturated heterocycles. The minimum absolute atomic E-state index is 0.0963. The highest BCUT2D eigenvalue weighted by Crippen LogP contribution is 2.43. The van der Waals surface area contributed by atoms with Gasteiger partial charge in [0.15, 0.2) is 17.3 Å². The first-order chi connectivity index (χ1) is 14.5. The van der Waals surface area contributed by atoms with E-state index in [-0.39, 0.29) is 17.9 Å². The van der Waals surface area contributed by atoms with Crippen molar-refractivity contribution in [2.24, 2.45) is 0 Å². The number of ketones is 1. The molecule has 2 aromatic heterocycles. The van der Waals surface area contributed by atoms with Crippen LogP contribution in [-0.4, -0.2) is 29.6 Å². The first-order valence-corrected chi connectivity index (χ1v) is 10.3. The Kier molecular flexibility index (Phi) is 4.22. The number of methoxy groups -OCH3 is 2. The molecule has 0 atom stereocenters. The number of rotatable bonds is 4. The summed E-state index contributed by atoms with van der Waals surface area (Å²) < 4.78 is 12.6. The first kappa shape index (κ1) is 18.6. The van der Waals surface area contributed by atoms with Crippen LogP contribution in [0.25, 0.3) is 22.0 Å². The average molecular weight is 418 g/mol. The number of aryl methyl sites for hydroxylation is 1. The maximum absolute atomic E-state index is 13.8. The highest BCUT2D eigenvalue weighted by molar-refractivity contribution is 7.09. The lowest BCUT2D eigenvalue weighted by Gasteiger charge is -2.17. The number of aromatic nitrogens is 2. The average Bonchev–Trinajstić information content (AvgIpc) is 3.31. The first-order valence-electron chi connectivity index (χ1n) is 9.41. The van der Waals surface area contributed by atoms with Crippen molar-refractivity contribution >= 4 is 27.9 Å². The van der Waals surface area contributed by atoms with Crippen molar-refractivity contribution in [2.45, 2.75) is 13.5 Å². The summed E-state index contributed by atoms with van der Waals surface area (Å²) in [5, 5.41) is 3.76. The predicted molar refractivity (Wildman–Crippen MR) is 116 cm³/mol. The Morgan fingerprint density at radius 3 is 2.47 bits per heavy atom. The van der Waals surface area contributed by atoms with Crippen LogP contribution >= 0.6 is 11.3 Å². The highest BCUT2D eigenvalue weighted by atomic mass is 32.1. The third-order valence-corrected chi connectivity index (χ3v) is 6.24. The van der Waals surface area contributed by atoms with Gasteiger partial charge in [-0.1, -0.05) is 24.3 Å². The van der Waals surface area contributed by atoms with Crippen LogP contribution in [0.3, 0.4) is 0 Å². The molecule has 0 spiro atoms. The van der Waals surface area contributed by atoms with Gasteiger partial charge in [-0.05, 0) is 19.1 Å². The van der Waals surface area contributed by atoms with Gasteiger partial charge in [-0.2, -0.15) is 0 Å². The molecular weight excluding hydrogens is 400 g/mol. The fourth-order valence-electron chi connectivity index (χ4n) is 4.17. The number of thiazole rings is 1. The number of pyridine rings is 1. The molecule has 0 aliphatic heterocycles. The van der Waals surface area contributed by atoms with Crippen LogP contribution in [0.5, 0.6) is 11.5 Å². The lowest BCUT2D eigenvalue weighted by Crippen LogP contribution is -2.24. The molecule has 0 fully saturated rings. The number of benzene rings is 2. The van der Waals surface area contributed by atoms with E-state index in [1.54, 1.807) is 22.8 Å². The standard InChI is InChI=1S/C23H18N2O4S/c1-12-24-13(11-30-12)10-25-20-14-6-4-5-7-15(14)21(26)18(20)16-8-9-17(28-2)22(29-3)19(16)23(25)27/h4-9,11H,10H2,1-3H3. The van der Waals surface area contributed by atoms with Gasteiger partial charge in [0.05, 0.1) is 48.1 Å². The van der Waals surface area contributed by atoms with Crippen LogP contribution in [0.4, 0.5) is 0 Å². The number of carbonyl (C=O) groups excluding carboxylic acids is 1. The van der Waals surface area contributed by atoms with Crippen molar-refractivity contribution in [3.63, 3.8) is 0 Å². The molecule has 5 rings (SSSR count). The summed E-state index contributed by atoms with van der Waals surface area (Å²) in [6.07, 6.45) is 0. The predicted octanol–water partition coefficient (Wildman–Crippen LogP) is 4.04. The van der Waals surface area contributed by atoms with Crippen LogP contribution < -0.4 is 15.0 Å². The molecule has 0 radical (unpaired) electrons.